The van der Waals surface area contributed by atoms with Crippen molar-refractivity contribution in [1.82, 2.24) is 0 Å². The van der Waals surface area contributed by atoms with Gasteiger partial charge in [0.15, 0.2) is 0 Å². The molecule has 112 valence electrons. The highest BCUT2D eigenvalue weighted by molar-refractivity contribution is 5.77. The molecule has 2 atom stereocenters. The van der Waals surface area contributed by atoms with Crippen LogP contribution in [0.1, 0.15) is 40.5 Å². The molecule has 0 spiro atoms. The van der Waals surface area contributed by atoms with E-state index in [1.807, 2.05) is 27.7 Å². The van der Waals surface area contributed by atoms with Gasteiger partial charge in [-0.25, -0.2) is 0 Å². The standard InChI is InChI=1S/C13H26N2O4/c1-8(2)5-10(14)12(16)18-7-19-13(17)11(15)6-9(3)4/h8-11H,5-7,14-15H2,1-4H3. The molecule has 0 bridgehead atoms. The molecule has 0 heterocycles. The van der Waals surface area contributed by atoms with Crippen molar-refractivity contribution in [3.63, 3.8) is 0 Å². The van der Waals surface area contributed by atoms with Gasteiger partial charge in [0, 0.05) is 0 Å². The highest BCUT2D eigenvalue weighted by Gasteiger charge is 2.19. The van der Waals surface area contributed by atoms with E-state index in [2.05, 4.69) is 0 Å². The van der Waals surface area contributed by atoms with Crippen molar-refractivity contribution >= 4 is 11.9 Å². The third-order valence-corrected chi connectivity index (χ3v) is 2.46. The van der Waals surface area contributed by atoms with Gasteiger partial charge in [0.25, 0.3) is 0 Å². The van der Waals surface area contributed by atoms with E-state index in [9.17, 15) is 9.59 Å². The Bertz CT molecular complexity index is 264. The Morgan fingerprint density at radius 3 is 1.42 bits per heavy atom. The number of rotatable bonds is 8. The van der Waals surface area contributed by atoms with Crippen molar-refractivity contribution in [3.8, 4) is 0 Å². The number of esters is 2. The van der Waals surface area contributed by atoms with Crippen molar-refractivity contribution in [2.45, 2.75) is 52.6 Å². The van der Waals surface area contributed by atoms with E-state index in [0.29, 0.717) is 24.7 Å². The average molecular weight is 274 g/mol. The molecule has 0 aliphatic rings. The first-order valence-corrected chi connectivity index (χ1v) is 6.58. The predicted molar refractivity (Wildman–Crippen MR) is 71.9 cm³/mol. The Labute approximate surface area is 114 Å². The fourth-order valence-electron chi connectivity index (χ4n) is 1.57. The molecule has 2 unspecified atom stereocenters. The zero-order chi connectivity index (χ0) is 15.0. The minimum atomic E-state index is -0.692. The molecule has 0 saturated carbocycles. The molecule has 0 aromatic heterocycles. The number of hydrogen-bond acceptors (Lipinski definition) is 6. The average Bonchev–Trinajstić information content (AvgIpc) is 2.26. The van der Waals surface area contributed by atoms with Gasteiger partial charge < -0.3 is 20.9 Å². The minimum absolute atomic E-state index is 0.296. The van der Waals surface area contributed by atoms with Crippen molar-refractivity contribution in [1.29, 1.82) is 0 Å². The smallest absolute Gasteiger partial charge is 0.325 e. The van der Waals surface area contributed by atoms with Gasteiger partial charge in [0.2, 0.25) is 6.79 Å². The first kappa shape index (κ1) is 17.9. The van der Waals surface area contributed by atoms with E-state index in [1.54, 1.807) is 0 Å². The maximum Gasteiger partial charge on any atom is 0.325 e. The van der Waals surface area contributed by atoms with E-state index in [-0.39, 0.29) is 0 Å². The van der Waals surface area contributed by atoms with Crippen LogP contribution in [0.25, 0.3) is 0 Å². The van der Waals surface area contributed by atoms with Gasteiger partial charge in [-0.3, -0.25) is 9.59 Å². The largest absolute Gasteiger partial charge is 0.427 e. The summed E-state index contributed by atoms with van der Waals surface area (Å²) in [4.78, 5) is 22.9. The summed E-state index contributed by atoms with van der Waals surface area (Å²) in [5.41, 5.74) is 11.2. The summed E-state index contributed by atoms with van der Waals surface area (Å²) in [6.07, 6.45) is 1.05. The fourth-order valence-corrected chi connectivity index (χ4v) is 1.57. The summed E-state index contributed by atoms with van der Waals surface area (Å²) in [5, 5.41) is 0. The van der Waals surface area contributed by atoms with Crippen molar-refractivity contribution in [2.75, 3.05) is 6.79 Å². The third kappa shape index (κ3) is 8.56. The molecule has 6 heteroatoms. The first-order chi connectivity index (χ1) is 8.73. The van der Waals surface area contributed by atoms with Crippen LogP contribution in [0.3, 0.4) is 0 Å². The maximum absolute atomic E-state index is 11.4. The second kappa shape index (κ2) is 8.87. The molecule has 4 N–H and O–H groups in total. The molecular formula is C13H26N2O4. The third-order valence-electron chi connectivity index (χ3n) is 2.46. The summed E-state index contributed by atoms with van der Waals surface area (Å²) in [6, 6.07) is -1.38. The summed E-state index contributed by atoms with van der Waals surface area (Å²) >= 11 is 0. The van der Waals surface area contributed by atoms with Crippen LogP contribution in [0.4, 0.5) is 0 Å². The topological polar surface area (TPSA) is 105 Å². The van der Waals surface area contributed by atoms with E-state index < -0.39 is 30.8 Å². The zero-order valence-electron chi connectivity index (χ0n) is 12.2. The molecule has 0 rings (SSSR count). The van der Waals surface area contributed by atoms with Gasteiger partial charge in [-0.1, -0.05) is 27.7 Å². The van der Waals surface area contributed by atoms with Gasteiger partial charge in [-0.05, 0) is 24.7 Å². The highest BCUT2D eigenvalue weighted by Crippen LogP contribution is 2.05. The van der Waals surface area contributed by atoms with Crippen LogP contribution in [0.5, 0.6) is 0 Å². The lowest BCUT2D eigenvalue weighted by Gasteiger charge is -2.15. The molecule has 19 heavy (non-hydrogen) atoms. The molecule has 6 nitrogen and oxygen atoms in total. The van der Waals surface area contributed by atoms with Gasteiger partial charge in [-0.2, -0.15) is 0 Å². The van der Waals surface area contributed by atoms with Gasteiger partial charge >= 0.3 is 11.9 Å². The lowest BCUT2D eigenvalue weighted by molar-refractivity contribution is -0.169. The summed E-state index contributed by atoms with van der Waals surface area (Å²) in [7, 11) is 0. The van der Waals surface area contributed by atoms with E-state index >= 15 is 0 Å². The lowest BCUT2D eigenvalue weighted by Crippen LogP contribution is -2.36. The molecular weight excluding hydrogens is 248 g/mol. The van der Waals surface area contributed by atoms with Crippen molar-refractivity contribution in [2.24, 2.45) is 23.3 Å². The second-order valence-electron chi connectivity index (χ2n) is 5.52. The lowest BCUT2D eigenvalue weighted by atomic mass is 10.1. The molecule has 0 saturated heterocycles. The van der Waals surface area contributed by atoms with Crippen LogP contribution in [0, 0.1) is 11.8 Å². The van der Waals surface area contributed by atoms with Gasteiger partial charge in [0.1, 0.15) is 12.1 Å². The zero-order valence-corrected chi connectivity index (χ0v) is 12.2. The van der Waals surface area contributed by atoms with Crippen molar-refractivity contribution < 1.29 is 19.1 Å². The fraction of sp³-hybridized carbons (Fsp3) is 0.846. The number of carbonyl (C=O) groups excluding carboxylic acids is 2. The highest BCUT2D eigenvalue weighted by atomic mass is 16.7. The van der Waals surface area contributed by atoms with Crippen LogP contribution in [0.2, 0.25) is 0 Å². The molecule has 0 amide bonds. The van der Waals surface area contributed by atoms with E-state index in [1.165, 1.54) is 0 Å². The normalized spacial score (nSPS) is 14.3. The molecule has 0 aliphatic carbocycles. The molecule has 0 aromatic carbocycles. The Morgan fingerprint density at radius 2 is 1.16 bits per heavy atom. The summed E-state index contributed by atoms with van der Waals surface area (Å²) < 4.78 is 9.54. The van der Waals surface area contributed by atoms with E-state index in [0.717, 1.165) is 0 Å². The van der Waals surface area contributed by atoms with Crippen LogP contribution in [-0.2, 0) is 19.1 Å². The van der Waals surface area contributed by atoms with Crippen LogP contribution >= 0.6 is 0 Å². The Kier molecular flexibility index (Phi) is 8.34. The van der Waals surface area contributed by atoms with Crippen molar-refractivity contribution in [3.05, 3.63) is 0 Å². The molecule has 0 aromatic rings. The second-order valence-corrected chi connectivity index (χ2v) is 5.52. The number of carbonyl (C=O) groups is 2. The first-order valence-electron chi connectivity index (χ1n) is 6.58. The molecule has 0 aliphatic heterocycles. The summed E-state index contributed by atoms with van der Waals surface area (Å²) in [6.45, 7) is 7.39. The van der Waals surface area contributed by atoms with Gasteiger partial charge in [0.05, 0.1) is 0 Å². The van der Waals surface area contributed by atoms with Crippen LogP contribution in [0.15, 0.2) is 0 Å². The number of nitrogens with two attached hydrogens (primary N) is 2. The minimum Gasteiger partial charge on any atom is -0.427 e. The maximum atomic E-state index is 11.4. The number of ether oxygens (including phenoxy) is 2. The Morgan fingerprint density at radius 1 is 0.842 bits per heavy atom. The van der Waals surface area contributed by atoms with Gasteiger partial charge in [-0.15, -0.1) is 0 Å². The van der Waals surface area contributed by atoms with Crippen LogP contribution in [-0.4, -0.2) is 30.8 Å². The molecule has 0 radical (unpaired) electrons. The van der Waals surface area contributed by atoms with E-state index in [4.69, 9.17) is 20.9 Å². The van der Waals surface area contributed by atoms with Crippen LogP contribution < -0.4 is 11.5 Å². The quantitative estimate of drug-likeness (QED) is 0.500. The summed E-state index contributed by atoms with van der Waals surface area (Å²) in [5.74, 6) is -0.549. The monoisotopic (exact) mass is 274 g/mol. The predicted octanol–water partition coefficient (Wildman–Crippen LogP) is 0.777. The Hall–Kier alpha value is -1.14. The Balaban J connectivity index is 3.90. The SMILES string of the molecule is CC(C)CC(N)C(=O)OCOC(=O)C(N)CC(C)C. The molecule has 0 fully saturated rings. The number of hydrogen-bond donors (Lipinski definition) is 2.